The summed E-state index contributed by atoms with van der Waals surface area (Å²) >= 11 is 0. The largest absolute Gasteiger partial charge is 0.433 e. The van der Waals surface area contributed by atoms with Crippen LogP contribution in [0.2, 0.25) is 0 Å². The van der Waals surface area contributed by atoms with Gasteiger partial charge in [-0.3, -0.25) is 4.98 Å². The number of pyridine rings is 1. The molecule has 0 amide bonds. The molecule has 3 rings (SSSR count). The van der Waals surface area contributed by atoms with Crippen LogP contribution in [0.5, 0.6) is 0 Å². The first-order valence-corrected chi connectivity index (χ1v) is 6.72. The third kappa shape index (κ3) is 2.99. The molecule has 1 aliphatic carbocycles. The number of alkyl halides is 3. The van der Waals surface area contributed by atoms with E-state index >= 15 is 0 Å². The first kappa shape index (κ1) is 15.0. The van der Waals surface area contributed by atoms with Gasteiger partial charge in [0.05, 0.1) is 0 Å². The van der Waals surface area contributed by atoms with Crippen molar-refractivity contribution in [1.82, 2.24) is 20.4 Å². The molecule has 8 heteroatoms. The second kappa shape index (κ2) is 5.68. The standard InChI is InChI=1S/C15H10F3N5/c16-15(17,18)13-5-4-11(8-20-13)9-2-1-3-10(6-9)14-12(7-19)21-23-22-14/h1,3-6,8-9H,2H2,(H,21,22,23). The monoisotopic (exact) mass is 317 g/mol. The number of hydrogen-bond donors (Lipinski definition) is 1. The van der Waals surface area contributed by atoms with Crippen molar-refractivity contribution in [3.05, 3.63) is 59.2 Å². The number of allylic oxidation sites excluding steroid dienone is 4. The average molecular weight is 317 g/mol. The van der Waals surface area contributed by atoms with Gasteiger partial charge in [-0.1, -0.05) is 24.3 Å². The molecule has 0 aliphatic heterocycles. The van der Waals surface area contributed by atoms with E-state index in [1.807, 2.05) is 24.3 Å². The van der Waals surface area contributed by atoms with Gasteiger partial charge in [0.25, 0.3) is 0 Å². The number of nitrogens with one attached hydrogen (secondary N) is 1. The number of aromatic amines is 1. The number of H-pyrrole nitrogens is 1. The number of hydrogen-bond acceptors (Lipinski definition) is 4. The highest BCUT2D eigenvalue weighted by molar-refractivity contribution is 5.75. The van der Waals surface area contributed by atoms with E-state index in [0.717, 1.165) is 6.07 Å². The van der Waals surface area contributed by atoms with E-state index < -0.39 is 11.9 Å². The number of nitrogens with zero attached hydrogens (tertiary/aromatic N) is 4. The van der Waals surface area contributed by atoms with Crippen LogP contribution in [0.3, 0.4) is 0 Å². The summed E-state index contributed by atoms with van der Waals surface area (Å²) in [6.45, 7) is 0. The molecule has 0 saturated heterocycles. The molecule has 0 bridgehead atoms. The Labute approximate surface area is 129 Å². The van der Waals surface area contributed by atoms with Crippen LogP contribution in [0.1, 0.15) is 35.0 Å². The summed E-state index contributed by atoms with van der Waals surface area (Å²) in [7, 11) is 0. The van der Waals surface area contributed by atoms with Gasteiger partial charge in [-0.05, 0) is 18.1 Å². The van der Waals surface area contributed by atoms with Crippen LogP contribution in [0.25, 0.3) is 5.57 Å². The lowest BCUT2D eigenvalue weighted by atomic mass is 9.89. The van der Waals surface area contributed by atoms with Crippen LogP contribution in [-0.2, 0) is 6.18 Å². The minimum Gasteiger partial charge on any atom is -0.251 e. The average Bonchev–Trinajstić information content (AvgIpc) is 3.03. The summed E-state index contributed by atoms with van der Waals surface area (Å²) in [6, 6.07) is 4.32. The van der Waals surface area contributed by atoms with Crippen LogP contribution in [0, 0.1) is 11.3 Å². The number of aromatic nitrogens is 4. The molecule has 1 unspecified atom stereocenters. The zero-order valence-electron chi connectivity index (χ0n) is 11.7. The maximum atomic E-state index is 12.6. The number of halogens is 3. The van der Waals surface area contributed by atoms with Crippen molar-refractivity contribution < 1.29 is 13.2 Å². The lowest BCUT2D eigenvalue weighted by Crippen LogP contribution is -2.08. The van der Waals surface area contributed by atoms with Crippen molar-refractivity contribution in [3.8, 4) is 6.07 Å². The highest BCUT2D eigenvalue weighted by Crippen LogP contribution is 2.33. The van der Waals surface area contributed by atoms with Gasteiger partial charge in [0.15, 0.2) is 5.69 Å². The van der Waals surface area contributed by atoms with E-state index in [4.69, 9.17) is 5.26 Å². The number of rotatable bonds is 2. The Kier molecular flexibility index (Phi) is 3.70. The van der Waals surface area contributed by atoms with Crippen molar-refractivity contribution in [1.29, 1.82) is 5.26 Å². The maximum Gasteiger partial charge on any atom is 0.433 e. The lowest BCUT2D eigenvalue weighted by Gasteiger charge is -2.16. The molecule has 2 aromatic rings. The molecule has 1 aliphatic rings. The third-order valence-corrected chi connectivity index (χ3v) is 3.50. The Balaban J connectivity index is 1.90. The molecule has 5 nitrogen and oxygen atoms in total. The summed E-state index contributed by atoms with van der Waals surface area (Å²) in [4.78, 5) is 3.48. The van der Waals surface area contributed by atoms with Crippen molar-refractivity contribution in [3.63, 3.8) is 0 Å². The Morgan fingerprint density at radius 1 is 1.26 bits per heavy atom. The number of nitriles is 1. The third-order valence-electron chi connectivity index (χ3n) is 3.50. The summed E-state index contributed by atoms with van der Waals surface area (Å²) in [5.41, 5.74) is 1.05. The fourth-order valence-electron chi connectivity index (χ4n) is 2.37. The molecule has 2 aromatic heterocycles. The zero-order chi connectivity index (χ0) is 16.4. The maximum absolute atomic E-state index is 12.6. The van der Waals surface area contributed by atoms with Crippen LogP contribution >= 0.6 is 0 Å². The molecule has 0 spiro atoms. The highest BCUT2D eigenvalue weighted by Gasteiger charge is 2.32. The van der Waals surface area contributed by atoms with Crippen molar-refractivity contribution in [2.45, 2.75) is 18.5 Å². The van der Waals surface area contributed by atoms with Crippen LogP contribution in [-0.4, -0.2) is 20.4 Å². The molecular weight excluding hydrogens is 307 g/mol. The lowest BCUT2D eigenvalue weighted by molar-refractivity contribution is -0.141. The first-order chi connectivity index (χ1) is 11.0. The molecule has 116 valence electrons. The highest BCUT2D eigenvalue weighted by atomic mass is 19.4. The molecular formula is C15H10F3N5. The van der Waals surface area contributed by atoms with Gasteiger partial charge >= 0.3 is 6.18 Å². The zero-order valence-corrected chi connectivity index (χ0v) is 11.7. The molecule has 0 saturated carbocycles. The van der Waals surface area contributed by atoms with E-state index in [0.29, 0.717) is 23.3 Å². The summed E-state index contributed by atoms with van der Waals surface area (Å²) < 4.78 is 37.7. The molecule has 1 atom stereocenters. The van der Waals surface area contributed by atoms with E-state index in [9.17, 15) is 13.2 Å². The van der Waals surface area contributed by atoms with Crippen LogP contribution in [0.4, 0.5) is 13.2 Å². The van der Waals surface area contributed by atoms with Gasteiger partial charge in [-0.2, -0.15) is 28.7 Å². The topological polar surface area (TPSA) is 78.2 Å². The van der Waals surface area contributed by atoms with Crippen molar-refractivity contribution >= 4 is 5.57 Å². The van der Waals surface area contributed by atoms with Crippen molar-refractivity contribution in [2.24, 2.45) is 0 Å². The van der Waals surface area contributed by atoms with Gasteiger partial charge in [0, 0.05) is 17.7 Å². The fraction of sp³-hybridized carbons (Fsp3) is 0.200. The molecule has 1 N–H and O–H groups in total. The Morgan fingerprint density at radius 2 is 2.09 bits per heavy atom. The van der Waals surface area contributed by atoms with Gasteiger partial charge in [-0.15, -0.1) is 5.10 Å². The van der Waals surface area contributed by atoms with Crippen LogP contribution in [0.15, 0.2) is 36.6 Å². The first-order valence-electron chi connectivity index (χ1n) is 6.72. The fourth-order valence-corrected chi connectivity index (χ4v) is 2.37. The smallest absolute Gasteiger partial charge is 0.251 e. The molecule has 0 aromatic carbocycles. The second-order valence-corrected chi connectivity index (χ2v) is 4.97. The summed E-state index contributed by atoms with van der Waals surface area (Å²) in [5, 5.41) is 19.1. The quantitative estimate of drug-likeness (QED) is 0.922. The van der Waals surface area contributed by atoms with E-state index in [2.05, 4.69) is 20.4 Å². The Hall–Kier alpha value is -2.95. The van der Waals surface area contributed by atoms with Gasteiger partial charge in [0.1, 0.15) is 17.5 Å². The minimum atomic E-state index is -4.45. The van der Waals surface area contributed by atoms with Crippen LogP contribution < -0.4 is 0 Å². The molecule has 2 heterocycles. The van der Waals surface area contributed by atoms with Gasteiger partial charge < -0.3 is 0 Å². The molecule has 0 fully saturated rings. The minimum absolute atomic E-state index is 0.131. The molecule has 0 radical (unpaired) electrons. The van der Waals surface area contributed by atoms with E-state index in [1.54, 1.807) is 0 Å². The van der Waals surface area contributed by atoms with Gasteiger partial charge in [0.2, 0.25) is 0 Å². The van der Waals surface area contributed by atoms with E-state index in [1.165, 1.54) is 12.3 Å². The van der Waals surface area contributed by atoms with E-state index in [-0.39, 0.29) is 11.6 Å². The predicted octanol–water partition coefficient (Wildman–Crippen LogP) is 3.22. The normalized spacial score (nSPS) is 17.7. The Bertz CT molecular complexity index is 809. The van der Waals surface area contributed by atoms with Crippen molar-refractivity contribution in [2.75, 3.05) is 0 Å². The summed E-state index contributed by atoms with van der Waals surface area (Å²) in [5.74, 6) is -0.131. The SMILES string of the molecule is N#Cc1n[nH]nc1C1=CC(c2ccc(C(F)(F)F)nc2)CC=C1. The molecule has 23 heavy (non-hydrogen) atoms. The predicted molar refractivity (Wildman–Crippen MR) is 74.8 cm³/mol. The van der Waals surface area contributed by atoms with Gasteiger partial charge in [-0.25, -0.2) is 0 Å². The summed E-state index contributed by atoms with van der Waals surface area (Å²) in [6.07, 6.45) is 2.96. The second-order valence-electron chi connectivity index (χ2n) is 4.97. The Morgan fingerprint density at radius 3 is 2.74 bits per heavy atom.